The molecule has 0 atom stereocenters. The predicted octanol–water partition coefficient (Wildman–Crippen LogP) is 1.76. The first-order valence-corrected chi connectivity index (χ1v) is 6.78. The van der Waals surface area contributed by atoms with Crippen molar-refractivity contribution in [3.8, 4) is 0 Å². The van der Waals surface area contributed by atoms with Crippen molar-refractivity contribution in [2.75, 3.05) is 13.2 Å². The molecule has 0 radical (unpaired) electrons. The van der Waals surface area contributed by atoms with Crippen LogP contribution in [0.1, 0.15) is 51.4 Å². The lowest BCUT2D eigenvalue weighted by Crippen LogP contribution is -2.53. The molecular formula is C13H23NO3. The van der Waals surface area contributed by atoms with Gasteiger partial charge >= 0.3 is 5.97 Å². The molecule has 2 rings (SSSR count). The van der Waals surface area contributed by atoms with Crippen LogP contribution in [-0.4, -0.2) is 30.8 Å². The van der Waals surface area contributed by atoms with E-state index in [9.17, 15) is 4.79 Å². The average molecular weight is 241 g/mol. The summed E-state index contributed by atoms with van der Waals surface area (Å²) in [5, 5.41) is 0. The van der Waals surface area contributed by atoms with Crippen molar-refractivity contribution >= 4 is 5.97 Å². The van der Waals surface area contributed by atoms with Gasteiger partial charge in [-0.15, -0.1) is 0 Å². The van der Waals surface area contributed by atoms with Crippen molar-refractivity contribution < 1.29 is 14.3 Å². The maximum atomic E-state index is 12.1. The molecule has 1 heterocycles. The molecule has 0 aromatic rings. The minimum atomic E-state index is -0.801. The van der Waals surface area contributed by atoms with Crippen molar-refractivity contribution in [2.45, 2.75) is 63.0 Å². The van der Waals surface area contributed by atoms with E-state index in [0.717, 1.165) is 12.8 Å². The summed E-state index contributed by atoms with van der Waals surface area (Å²) in [5.41, 5.74) is 5.30. The zero-order valence-corrected chi connectivity index (χ0v) is 10.5. The summed E-state index contributed by atoms with van der Waals surface area (Å²) in [6.07, 6.45) is 8.10. The Labute approximate surface area is 103 Å². The van der Waals surface area contributed by atoms with Crippen LogP contribution in [0.4, 0.5) is 0 Å². The first-order chi connectivity index (χ1) is 8.21. The van der Waals surface area contributed by atoms with Crippen molar-refractivity contribution in [3.63, 3.8) is 0 Å². The Morgan fingerprint density at radius 2 is 1.71 bits per heavy atom. The smallest absolute Gasteiger partial charge is 0.326 e. The van der Waals surface area contributed by atoms with Gasteiger partial charge in [-0.3, -0.25) is 4.79 Å². The van der Waals surface area contributed by atoms with Gasteiger partial charge in [-0.25, -0.2) is 0 Å². The maximum absolute atomic E-state index is 12.1. The third kappa shape index (κ3) is 3.42. The second kappa shape index (κ2) is 5.83. The molecule has 4 nitrogen and oxygen atoms in total. The number of hydrogen-bond donors (Lipinski definition) is 1. The van der Waals surface area contributed by atoms with Crippen LogP contribution in [0.5, 0.6) is 0 Å². The molecule has 0 unspecified atom stereocenters. The van der Waals surface area contributed by atoms with Gasteiger partial charge in [0.1, 0.15) is 11.6 Å². The molecule has 0 aromatic heterocycles. The van der Waals surface area contributed by atoms with E-state index in [1.54, 1.807) is 0 Å². The molecule has 1 saturated carbocycles. The number of esters is 1. The number of rotatable bonds is 2. The molecule has 98 valence electrons. The van der Waals surface area contributed by atoms with E-state index in [4.69, 9.17) is 15.2 Å². The topological polar surface area (TPSA) is 61.6 Å². The Morgan fingerprint density at radius 1 is 1.12 bits per heavy atom. The molecule has 2 aliphatic rings. The minimum absolute atomic E-state index is 0.0910. The summed E-state index contributed by atoms with van der Waals surface area (Å²) >= 11 is 0. The highest BCUT2D eigenvalue weighted by atomic mass is 16.5. The lowest BCUT2D eigenvalue weighted by Gasteiger charge is -2.32. The second-order valence-electron chi connectivity index (χ2n) is 5.29. The van der Waals surface area contributed by atoms with Crippen molar-refractivity contribution in [1.29, 1.82) is 0 Å². The first kappa shape index (κ1) is 12.8. The molecule has 0 amide bonds. The normalized spacial score (nSPS) is 26.2. The zero-order chi connectivity index (χ0) is 12.1. The molecule has 1 aliphatic carbocycles. The van der Waals surface area contributed by atoms with Crippen molar-refractivity contribution in [3.05, 3.63) is 0 Å². The molecule has 0 aromatic carbocycles. The van der Waals surface area contributed by atoms with Gasteiger partial charge in [-0.05, 0) is 38.5 Å². The van der Waals surface area contributed by atoms with Gasteiger partial charge in [0.2, 0.25) is 0 Å². The number of hydrogen-bond acceptors (Lipinski definition) is 4. The fourth-order valence-electron chi connectivity index (χ4n) is 2.57. The second-order valence-corrected chi connectivity index (χ2v) is 5.29. The lowest BCUT2D eigenvalue weighted by molar-refractivity contribution is -0.160. The summed E-state index contributed by atoms with van der Waals surface area (Å²) in [6, 6.07) is 0. The van der Waals surface area contributed by atoms with Gasteiger partial charge in [0.05, 0.1) is 0 Å². The van der Waals surface area contributed by atoms with E-state index in [-0.39, 0.29) is 12.1 Å². The van der Waals surface area contributed by atoms with E-state index in [1.165, 1.54) is 25.7 Å². The highest BCUT2D eigenvalue weighted by Crippen LogP contribution is 2.24. The molecular weight excluding hydrogens is 218 g/mol. The van der Waals surface area contributed by atoms with E-state index in [2.05, 4.69) is 0 Å². The van der Waals surface area contributed by atoms with Gasteiger partial charge < -0.3 is 15.2 Å². The fraction of sp³-hybridized carbons (Fsp3) is 0.923. The quantitative estimate of drug-likeness (QED) is 0.591. The molecule has 17 heavy (non-hydrogen) atoms. The molecule has 0 bridgehead atoms. The van der Waals surface area contributed by atoms with E-state index >= 15 is 0 Å². The largest absolute Gasteiger partial charge is 0.461 e. The number of ether oxygens (including phenoxy) is 2. The highest BCUT2D eigenvalue weighted by molar-refractivity contribution is 5.80. The number of carbonyl (C=O) groups excluding carboxylic acids is 1. The fourth-order valence-corrected chi connectivity index (χ4v) is 2.57. The van der Waals surface area contributed by atoms with Gasteiger partial charge in [0.25, 0.3) is 0 Å². The monoisotopic (exact) mass is 241 g/mol. The van der Waals surface area contributed by atoms with Gasteiger partial charge in [-0.1, -0.05) is 12.8 Å². The molecule has 2 N–H and O–H groups in total. The summed E-state index contributed by atoms with van der Waals surface area (Å²) in [4.78, 5) is 12.1. The van der Waals surface area contributed by atoms with Crippen LogP contribution < -0.4 is 5.73 Å². The average Bonchev–Trinajstić information content (AvgIpc) is 2.58. The Kier molecular flexibility index (Phi) is 4.40. The Bertz CT molecular complexity index is 253. The predicted molar refractivity (Wildman–Crippen MR) is 64.6 cm³/mol. The SMILES string of the molecule is NC1(C(=O)OC2CCCCCC2)CCOCC1. The Hall–Kier alpha value is -0.610. The zero-order valence-electron chi connectivity index (χ0n) is 10.5. The standard InChI is InChI=1S/C13H23NO3/c14-13(7-9-16-10-8-13)12(15)17-11-5-3-1-2-4-6-11/h11H,1-10,14H2. The van der Waals surface area contributed by atoms with Gasteiger partial charge in [0, 0.05) is 13.2 Å². The molecule has 2 fully saturated rings. The molecule has 0 spiro atoms. The summed E-state index contributed by atoms with van der Waals surface area (Å²) in [7, 11) is 0. The number of nitrogens with two attached hydrogens (primary N) is 1. The number of carbonyl (C=O) groups is 1. The maximum Gasteiger partial charge on any atom is 0.326 e. The van der Waals surface area contributed by atoms with Gasteiger partial charge in [0.15, 0.2) is 0 Å². The molecule has 1 aliphatic heterocycles. The van der Waals surface area contributed by atoms with Crippen molar-refractivity contribution in [2.24, 2.45) is 5.73 Å². The van der Waals surface area contributed by atoms with Crippen LogP contribution in [-0.2, 0) is 14.3 Å². The van der Waals surface area contributed by atoms with Gasteiger partial charge in [-0.2, -0.15) is 0 Å². The van der Waals surface area contributed by atoms with Crippen LogP contribution >= 0.6 is 0 Å². The Balaban J connectivity index is 1.86. The van der Waals surface area contributed by atoms with E-state index in [1.807, 2.05) is 0 Å². The Morgan fingerprint density at radius 3 is 2.29 bits per heavy atom. The lowest BCUT2D eigenvalue weighted by atomic mass is 9.91. The third-order valence-corrected chi connectivity index (χ3v) is 3.87. The third-order valence-electron chi connectivity index (χ3n) is 3.87. The minimum Gasteiger partial charge on any atom is -0.461 e. The van der Waals surface area contributed by atoms with E-state index < -0.39 is 5.54 Å². The van der Waals surface area contributed by atoms with Crippen LogP contribution in [0.2, 0.25) is 0 Å². The summed E-state index contributed by atoms with van der Waals surface area (Å²) in [5.74, 6) is -0.215. The van der Waals surface area contributed by atoms with Crippen LogP contribution in [0.3, 0.4) is 0 Å². The van der Waals surface area contributed by atoms with Crippen LogP contribution in [0.25, 0.3) is 0 Å². The highest BCUT2D eigenvalue weighted by Gasteiger charge is 2.38. The summed E-state index contributed by atoms with van der Waals surface area (Å²) < 4.78 is 10.8. The summed E-state index contributed by atoms with van der Waals surface area (Å²) in [6.45, 7) is 1.13. The first-order valence-electron chi connectivity index (χ1n) is 6.78. The van der Waals surface area contributed by atoms with Crippen LogP contribution in [0, 0.1) is 0 Å². The van der Waals surface area contributed by atoms with E-state index in [0.29, 0.717) is 26.1 Å². The molecule has 1 saturated heterocycles. The van der Waals surface area contributed by atoms with Crippen molar-refractivity contribution in [1.82, 2.24) is 0 Å². The molecule has 4 heteroatoms. The van der Waals surface area contributed by atoms with Crippen LogP contribution in [0.15, 0.2) is 0 Å².